The average molecular weight is 629 g/mol. The normalized spacial score (nSPS) is 12.0. The van der Waals surface area contributed by atoms with E-state index in [9.17, 15) is 18.0 Å². The van der Waals surface area contributed by atoms with Gasteiger partial charge in [0.25, 0.3) is 0 Å². The number of hydrogen-bond acceptors (Lipinski definition) is 4. The van der Waals surface area contributed by atoms with Crippen molar-refractivity contribution in [3.63, 3.8) is 0 Å². The lowest BCUT2D eigenvalue weighted by atomic mass is 10.0. The zero-order chi connectivity index (χ0) is 29.3. The zero-order valence-electron chi connectivity index (χ0n) is 23.6. The van der Waals surface area contributed by atoms with Crippen LogP contribution in [0.3, 0.4) is 0 Å². The predicted octanol–water partition coefficient (Wildman–Crippen LogP) is 5.39. The standard InChI is InChI=1S/C31H38BrN3O4S/c1-5-6-17-33-31(37)29(20-25-11-8-7-9-12-25)34(21-26-13-10-14-27(32)19-26)30(36)22-35(40(4,38)39)28-16-15-23(2)24(3)18-28/h7-16,18-19,29H,5-6,17,20-22H2,1-4H3,(H,33,37)/t29-/m0/s1. The summed E-state index contributed by atoms with van der Waals surface area (Å²) in [6.45, 7) is 6.10. The molecule has 0 aliphatic carbocycles. The fourth-order valence-electron chi connectivity index (χ4n) is 4.39. The van der Waals surface area contributed by atoms with Crippen molar-refractivity contribution in [2.24, 2.45) is 0 Å². The summed E-state index contributed by atoms with van der Waals surface area (Å²) < 4.78 is 27.8. The third kappa shape index (κ3) is 8.93. The van der Waals surface area contributed by atoms with Crippen molar-refractivity contribution < 1.29 is 18.0 Å². The Morgan fingerprint density at radius 3 is 2.25 bits per heavy atom. The van der Waals surface area contributed by atoms with Crippen molar-refractivity contribution in [1.82, 2.24) is 10.2 Å². The third-order valence-electron chi connectivity index (χ3n) is 6.80. The van der Waals surface area contributed by atoms with Gasteiger partial charge in [0.2, 0.25) is 21.8 Å². The number of carbonyl (C=O) groups excluding carboxylic acids is 2. The van der Waals surface area contributed by atoms with Gasteiger partial charge >= 0.3 is 0 Å². The first-order valence-electron chi connectivity index (χ1n) is 13.4. The van der Waals surface area contributed by atoms with E-state index < -0.39 is 28.5 Å². The molecular weight excluding hydrogens is 590 g/mol. The van der Waals surface area contributed by atoms with E-state index in [1.165, 1.54) is 4.90 Å². The molecule has 0 spiro atoms. The highest BCUT2D eigenvalue weighted by atomic mass is 79.9. The molecule has 0 heterocycles. The Morgan fingerprint density at radius 1 is 0.925 bits per heavy atom. The van der Waals surface area contributed by atoms with Gasteiger partial charge in [-0.3, -0.25) is 13.9 Å². The number of hydrogen-bond donors (Lipinski definition) is 1. The Hall–Kier alpha value is -3.17. The second-order valence-corrected chi connectivity index (χ2v) is 12.9. The molecule has 3 rings (SSSR count). The van der Waals surface area contributed by atoms with Gasteiger partial charge in [-0.2, -0.15) is 0 Å². The summed E-state index contributed by atoms with van der Waals surface area (Å²) in [6, 6.07) is 21.5. The van der Waals surface area contributed by atoms with Crippen LogP contribution in [0.15, 0.2) is 77.3 Å². The molecule has 3 aromatic carbocycles. The molecule has 3 aromatic rings. The summed E-state index contributed by atoms with van der Waals surface area (Å²) in [6.07, 6.45) is 3.12. The van der Waals surface area contributed by atoms with Gasteiger partial charge in [-0.15, -0.1) is 0 Å². The monoisotopic (exact) mass is 627 g/mol. The van der Waals surface area contributed by atoms with Crippen LogP contribution in [0.1, 0.15) is 42.0 Å². The topological polar surface area (TPSA) is 86.8 Å². The van der Waals surface area contributed by atoms with E-state index >= 15 is 0 Å². The Morgan fingerprint density at radius 2 is 1.62 bits per heavy atom. The van der Waals surface area contributed by atoms with Crippen molar-refractivity contribution in [2.75, 3.05) is 23.7 Å². The molecule has 40 heavy (non-hydrogen) atoms. The van der Waals surface area contributed by atoms with Crippen LogP contribution < -0.4 is 9.62 Å². The first kappa shape index (κ1) is 31.4. The van der Waals surface area contributed by atoms with Crippen molar-refractivity contribution >= 4 is 43.5 Å². The van der Waals surface area contributed by atoms with Crippen LogP contribution in [0, 0.1) is 13.8 Å². The molecule has 0 aliphatic rings. The van der Waals surface area contributed by atoms with Gasteiger partial charge < -0.3 is 10.2 Å². The molecule has 7 nitrogen and oxygen atoms in total. The number of unbranched alkanes of at least 4 members (excludes halogenated alkanes) is 1. The van der Waals surface area contributed by atoms with Crippen LogP contribution in [0.4, 0.5) is 5.69 Å². The quantitative estimate of drug-likeness (QED) is 0.258. The minimum atomic E-state index is -3.80. The Balaban J connectivity index is 2.04. The fourth-order valence-corrected chi connectivity index (χ4v) is 5.67. The van der Waals surface area contributed by atoms with Gasteiger partial charge in [0, 0.05) is 24.0 Å². The molecule has 0 aliphatic heterocycles. The predicted molar refractivity (Wildman–Crippen MR) is 165 cm³/mol. The number of nitrogens with one attached hydrogen (secondary N) is 1. The largest absolute Gasteiger partial charge is 0.354 e. The molecule has 0 aromatic heterocycles. The third-order valence-corrected chi connectivity index (χ3v) is 8.43. The summed E-state index contributed by atoms with van der Waals surface area (Å²) in [4.78, 5) is 29.2. The minimum Gasteiger partial charge on any atom is -0.354 e. The average Bonchev–Trinajstić information content (AvgIpc) is 2.91. The van der Waals surface area contributed by atoms with Crippen LogP contribution >= 0.6 is 15.9 Å². The van der Waals surface area contributed by atoms with Crippen LogP contribution in [-0.4, -0.2) is 50.5 Å². The van der Waals surface area contributed by atoms with Gasteiger partial charge in [0.15, 0.2) is 0 Å². The maximum atomic E-state index is 14.1. The lowest BCUT2D eigenvalue weighted by Gasteiger charge is -2.33. The number of anilines is 1. The summed E-state index contributed by atoms with van der Waals surface area (Å²) in [5.41, 5.74) is 4.07. The molecule has 2 amide bonds. The van der Waals surface area contributed by atoms with Crippen LogP contribution in [0.2, 0.25) is 0 Å². The Bertz CT molecular complexity index is 1410. The zero-order valence-corrected chi connectivity index (χ0v) is 26.0. The molecule has 0 bridgehead atoms. The van der Waals surface area contributed by atoms with Crippen molar-refractivity contribution in [1.29, 1.82) is 0 Å². The number of nitrogens with zero attached hydrogens (tertiary/aromatic N) is 2. The number of aryl methyl sites for hydroxylation is 2. The van der Waals surface area contributed by atoms with Crippen molar-refractivity contribution in [3.05, 3.63) is 99.5 Å². The van der Waals surface area contributed by atoms with Crippen molar-refractivity contribution in [3.8, 4) is 0 Å². The number of benzene rings is 3. The number of rotatable bonds is 13. The van der Waals surface area contributed by atoms with Crippen LogP contribution in [-0.2, 0) is 32.6 Å². The first-order chi connectivity index (χ1) is 19.0. The molecule has 0 saturated carbocycles. The minimum absolute atomic E-state index is 0.140. The van der Waals surface area contributed by atoms with E-state index in [2.05, 4.69) is 21.2 Å². The van der Waals surface area contributed by atoms with E-state index in [1.54, 1.807) is 12.1 Å². The Kier molecular flexibility index (Phi) is 11.3. The number of halogens is 1. The second-order valence-electron chi connectivity index (χ2n) is 10.0. The molecule has 0 radical (unpaired) electrons. The smallest absolute Gasteiger partial charge is 0.244 e. The van der Waals surface area contributed by atoms with E-state index in [0.717, 1.165) is 50.1 Å². The number of amides is 2. The highest BCUT2D eigenvalue weighted by molar-refractivity contribution is 9.10. The maximum Gasteiger partial charge on any atom is 0.244 e. The number of carbonyl (C=O) groups is 2. The van der Waals surface area contributed by atoms with E-state index in [0.29, 0.717) is 18.7 Å². The molecule has 0 unspecified atom stereocenters. The summed E-state index contributed by atoms with van der Waals surface area (Å²) >= 11 is 3.49. The van der Waals surface area contributed by atoms with E-state index in [4.69, 9.17) is 0 Å². The molecule has 0 saturated heterocycles. The lowest BCUT2D eigenvalue weighted by molar-refractivity contribution is -0.140. The highest BCUT2D eigenvalue weighted by Gasteiger charge is 2.33. The molecule has 1 atom stereocenters. The van der Waals surface area contributed by atoms with E-state index in [-0.39, 0.29) is 12.5 Å². The highest BCUT2D eigenvalue weighted by Crippen LogP contribution is 2.23. The van der Waals surface area contributed by atoms with Crippen LogP contribution in [0.25, 0.3) is 0 Å². The summed E-state index contributed by atoms with van der Waals surface area (Å²) in [5.74, 6) is -0.729. The van der Waals surface area contributed by atoms with Crippen LogP contribution in [0.5, 0.6) is 0 Å². The van der Waals surface area contributed by atoms with E-state index in [1.807, 2.05) is 81.4 Å². The first-order valence-corrected chi connectivity index (χ1v) is 16.0. The fraction of sp³-hybridized carbons (Fsp3) is 0.355. The van der Waals surface area contributed by atoms with Gasteiger partial charge in [-0.25, -0.2) is 8.42 Å². The SMILES string of the molecule is CCCCNC(=O)[C@H](Cc1ccccc1)N(Cc1cccc(Br)c1)C(=O)CN(c1ccc(C)c(C)c1)S(C)(=O)=O. The molecular formula is C31H38BrN3O4S. The van der Waals surface area contributed by atoms with Crippen molar-refractivity contribution in [2.45, 2.75) is 52.6 Å². The lowest BCUT2D eigenvalue weighted by Crippen LogP contribution is -2.53. The Labute approximate surface area is 246 Å². The molecule has 1 N–H and O–H groups in total. The van der Waals surface area contributed by atoms with Gasteiger partial charge in [-0.05, 0) is 66.8 Å². The van der Waals surface area contributed by atoms with Gasteiger partial charge in [-0.1, -0.05) is 77.8 Å². The maximum absolute atomic E-state index is 14.1. The van der Waals surface area contributed by atoms with Gasteiger partial charge in [0.05, 0.1) is 11.9 Å². The second kappa shape index (κ2) is 14.5. The molecule has 9 heteroatoms. The molecule has 0 fully saturated rings. The molecule has 214 valence electrons. The summed E-state index contributed by atoms with van der Waals surface area (Å²) in [5, 5.41) is 2.99. The van der Waals surface area contributed by atoms with Gasteiger partial charge in [0.1, 0.15) is 12.6 Å². The summed E-state index contributed by atoms with van der Waals surface area (Å²) in [7, 11) is -3.80. The number of sulfonamides is 1.